The van der Waals surface area contributed by atoms with E-state index < -0.39 is 6.10 Å². The Labute approximate surface area is 202 Å². The SMILES string of the molecule is Cc1ccc(Pc2cc(C(C)(C)C)cc(C(C)(C)C)c2OCc2ccccc2)c(C(C)O)c1. The second-order valence-corrected chi connectivity index (χ2v) is 12.4. The van der Waals surface area contributed by atoms with Crippen molar-refractivity contribution in [2.45, 2.75) is 78.9 Å². The molecule has 2 atom stereocenters. The Balaban J connectivity index is 2.17. The van der Waals surface area contributed by atoms with Gasteiger partial charge in [-0.3, -0.25) is 0 Å². The first kappa shape index (κ1) is 25.5. The number of benzene rings is 3. The highest BCUT2D eigenvalue weighted by molar-refractivity contribution is 7.55. The molecule has 0 fully saturated rings. The van der Waals surface area contributed by atoms with Crippen LogP contribution in [0.4, 0.5) is 0 Å². The van der Waals surface area contributed by atoms with Gasteiger partial charge >= 0.3 is 0 Å². The molecule has 0 aromatic heterocycles. The third kappa shape index (κ3) is 6.46. The molecule has 0 aliphatic rings. The normalized spacial score (nSPS) is 13.5. The molecule has 33 heavy (non-hydrogen) atoms. The van der Waals surface area contributed by atoms with Gasteiger partial charge in [-0.25, -0.2) is 0 Å². The first-order valence-corrected chi connectivity index (χ1v) is 12.8. The van der Waals surface area contributed by atoms with Gasteiger partial charge in [-0.2, -0.15) is 0 Å². The molecule has 0 saturated heterocycles. The largest absolute Gasteiger partial charge is 0.488 e. The Morgan fingerprint density at radius 1 is 0.848 bits per heavy atom. The van der Waals surface area contributed by atoms with Crippen LogP contribution in [0.25, 0.3) is 0 Å². The maximum absolute atomic E-state index is 10.5. The van der Waals surface area contributed by atoms with E-state index >= 15 is 0 Å². The van der Waals surface area contributed by atoms with E-state index in [-0.39, 0.29) is 10.8 Å². The lowest BCUT2D eigenvalue weighted by Crippen LogP contribution is -2.23. The van der Waals surface area contributed by atoms with Crippen LogP contribution in [0.15, 0.2) is 60.7 Å². The Hall–Kier alpha value is -2.15. The molecule has 3 rings (SSSR count). The van der Waals surface area contributed by atoms with Crippen LogP contribution in [-0.2, 0) is 17.4 Å². The number of aliphatic hydroxyl groups is 1. The Kier molecular flexibility index (Phi) is 7.72. The summed E-state index contributed by atoms with van der Waals surface area (Å²) in [6.45, 7) is 18.0. The van der Waals surface area contributed by atoms with Crippen molar-refractivity contribution in [3.8, 4) is 5.75 Å². The second-order valence-electron chi connectivity index (χ2n) is 11.1. The number of aliphatic hydroxyl groups excluding tert-OH is 1. The average Bonchev–Trinajstić information content (AvgIpc) is 2.72. The van der Waals surface area contributed by atoms with Gasteiger partial charge in [0.25, 0.3) is 0 Å². The fourth-order valence-electron chi connectivity index (χ4n) is 3.88. The lowest BCUT2D eigenvalue weighted by Gasteiger charge is -2.30. The summed E-state index contributed by atoms with van der Waals surface area (Å²) in [6.07, 6.45) is -0.506. The van der Waals surface area contributed by atoms with Gasteiger partial charge in [-0.1, -0.05) is 110 Å². The van der Waals surface area contributed by atoms with Crippen molar-refractivity contribution in [2.75, 3.05) is 0 Å². The van der Waals surface area contributed by atoms with Crippen molar-refractivity contribution >= 4 is 19.2 Å². The van der Waals surface area contributed by atoms with E-state index in [0.29, 0.717) is 15.2 Å². The first-order valence-electron chi connectivity index (χ1n) is 11.8. The molecule has 0 radical (unpaired) electrons. The molecule has 3 aromatic carbocycles. The molecule has 0 heterocycles. The molecule has 0 spiro atoms. The van der Waals surface area contributed by atoms with Gasteiger partial charge in [0.1, 0.15) is 12.4 Å². The maximum Gasteiger partial charge on any atom is 0.131 e. The standard InChI is InChI=1S/C30H39O2P/c1-20-14-15-26(24(16-20)21(2)31)33-27-18-23(29(3,4)5)17-25(30(6,7)8)28(27)32-19-22-12-10-9-11-13-22/h9-18,21,31,33H,19H2,1-8H3. The summed E-state index contributed by atoms with van der Waals surface area (Å²) in [5.41, 5.74) is 5.84. The molecule has 1 N–H and O–H groups in total. The van der Waals surface area contributed by atoms with Crippen molar-refractivity contribution in [1.82, 2.24) is 0 Å². The molecule has 3 heteroatoms. The minimum absolute atomic E-state index is 0.0254. The Morgan fingerprint density at radius 2 is 1.52 bits per heavy atom. The summed E-state index contributed by atoms with van der Waals surface area (Å²) >= 11 is 0. The van der Waals surface area contributed by atoms with E-state index in [4.69, 9.17) is 4.74 Å². The molecule has 0 bridgehead atoms. The summed E-state index contributed by atoms with van der Waals surface area (Å²) in [6, 6.07) is 21.4. The van der Waals surface area contributed by atoms with E-state index in [9.17, 15) is 5.11 Å². The number of hydrogen-bond donors (Lipinski definition) is 1. The zero-order chi connectivity index (χ0) is 24.4. The Morgan fingerprint density at radius 3 is 2.09 bits per heavy atom. The van der Waals surface area contributed by atoms with E-state index in [1.807, 2.05) is 13.0 Å². The van der Waals surface area contributed by atoms with Crippen molar-refractivity contribution < 1.29 is 9.84 Å². The third-order valence-electron chi connectivity index (χ3n) is 5.92. The second kappa shape index (κ2) is 10.00. The van der Waals surface area contributed by atoms with Crippen LogP contribution < -0.4 is 15.3 Å². The van der Waals surface area contributed by atoms with Gasteiger partial charge in [0.15, 0.2) is 0 Å². The molecule has 2 unspecified atom stereocenters. The van der Waals surface area contributed by atoms with Crippen LogP contribution in [0.2, 0.25) is 0 Å². The first-order chi connectivity index (χ1) is 15.4. The Bertz CT molecular complexity index is 1090. The summed E-state index contributed by atoms with van der Waals surface area (Å²) in [5.74, 6) is 0.981. The van der Waals surface area contributed by atoms with E-state index in [2.05, 4.69) is 103 Å². The zero-order valence-electron chi connectivity index (χ0n) is 21.4. The van der Waals surface area contributed by atoms with Gasteiger partial charge in [-0.15, -0.1) is 0 Å². The fraction of sp³-hybridized carbons (Fsp3) is 0.400. The molecular formula is C30H39O2P. The van der Waals surface area contributed by atoms with Gasteiger partial charge in [-0.05, 0) is 52.7 Å². The number of aryl methyl sites for hydroxylation is 1. The number of ether oxygens (including phenoxy) is 1. The summed E-state index contributed by atoms with van der Waals surface area (Å²) in [5, 5.41) is 12.8. The van der Waals surface area contributed by atoms with E-state index in [1.165, 1.54) is 27.3 Å². The quantitative estimate of drug-likeness (QED) is 0.406. The molecule has 0 aliphatic carbocycles. The van der Waals surface area contributed by atoms with Gasteiger partial charge in [0, 0.05) is 10.9 Å². The predicted molar refractivity (Wildman–Crippen MR) is 144 cm³/mol. The predicted octanol–water partition coefficient (Wildman–Crippen LogP) is 6.85. The number of hydrogen-bond acceptors (Lipinski definition) is 2. The van der Waals surface area contributed by atoms with Crippen LogP contribution in [0, 0.1) is 6.92 Å². The van der Waals surface area contributed by atoms with Gasteiger partial charge in [0.2, 0.25) is 0 Å². The molecule has 0 saturated carbocycles. The molecule has 2 nitrogen and oxygen atoms in total. The number of rotatable bonds is 6. The topological polar surface area (TPSA) is 29.5 Å². The molecule has 0 amide bonds. The van der Waals surface area contributed by atoms with Crippen molar-refractivity contribution in [3.05, 3.63) is 88.5 Å². The lowest BCUT2D eigenvalue weighted by molar-refractivity contribution is 0.200. The smallest absolute Gasteiger partial charge is 0.131 e. The van der Waals surface area contributed by atoms with E-state index in [0.717, 1.165) is 16.9 Å². The van der Waals surface area contributed by atoms with Crippen LogP contribution in [0.5, 0.6) is 5.75 Å². The highest BCUT2D eigenvalue weighted by atomic mass is 31.1. The van der Waals surface area contributed by atoms with Crippen LogP contribution in [-0.4, -0.2) is 5.11 Å². The lowest BCUT2D eigenvalue weighted by atomic mass is 9.80. The average molecular weight is 463 g/mol. The minimum Gasteiger partial charge on any atom is -0.488 e. The molecular weight excluding hydrogens is 423 g/mol. The summed E-state index contributed by atoms with van der Waals surface area (Å²) in [7, 11) is 0.397. The minimum atomic E-state index is -0.506. The van der Waals surface area contributed by atoms with Crippen LogP contribution >= 0.6 is 8.58 Å². The molecule has 3 aromatic rings. The molecule has 176 valence electrons. The van der Waals surface area contributed by atoms with Crippen molar-refractivity contribution in [3.63, 3.8) is 0 Å². The van der Waals surface area contributed by atoms with Gasteiger partial charge in [0.05, 0.1) is 6.10 Å². The van der Waals surface area contributed by atoms with Crippen LogP contribution in [0.1, 0.15) is 82.4 Å². The maximum atomic E-state index is 10.5. The fourth-order valence-corrected chi connectivity index (χ4v) is 5.31. The molecule has 0 aliphatic heterocycles. The van der Waals surface area contributed by atoms with Crippen LogP contribution in [0.3, 0.4) is 0 Å². The monoisotopic (exact) mass is 462 g/mol. The highest BCUT2D eigenvalue weighted by Gasteiger charge is 2.27. The van der Waals surface area contributed by atoms with Crippen molar-refractivity contribution in [1.29, 1.82) is 0 Å². The van der Waals surface area contributed by atoms with Crippen molar-refractivity contribution in [2.24, 2.45) is 0 Å². The zero-order valence-corrected chi connectivity index (χ0v) is 22.4. The third-order valence-corrected chi connectivity index (χ3v) is 7.28. The summed E-state index contributed by atoms with van der Waals surface area (Å²) in [4.78, 5) is 0. The summed E-state index contributed by atoms with van der Waals surface area (Å²) < 4.78 is 6.59. The highest BCUT2D eigenvalue weighted by Crippen LogP contribution is 2.38. The van der Waals surface area contributed by atoms with Gasteiger partial charge < -0.3 is 9.84 Å². The van der Waals surface area contributed by atoms with E-state index in [1.54, 1.807) is 0 Å².